The van der Waals surface area contributed by atoms with Crippen LogP contribution >= 0.6 is 0 Å². The van der Waals surface area contributed by atoms with Gasteiger partial charge in [-0.15, -0.1) is 0 Å². The van der Waals surface area contributed by atoms with Crippen LogP contribution in [0, 0.1) is 0 Å². The van der Waals surface area contributed by atoms with Crippen molar-refractivity contribution in [2.24, 2.45) is 0 Å². The molecule has 138 valence electrons. The van der Waals surface area contributed by atoms with Crippen LogP contribution in [0.4, 0.5) is 0 Å². The Labute approximate surface area is 149 Å². The van der Waals surface area contributed by atoms with E-state index in [0.717, 1.165) is 38.3 Å². The van der Waals surface area contributed by atoms with Crippen molar-refractivity contribution in [3.63, 3.8) is 0 Å². The second kappa shape index (κ2) is 8.65. The van der Waals surface area contributed by atoms with Crippen LogP contribution in [0.3, 0.4) is 0 Å². The molecule has 2 heterocycles. The number of hydrogen-bond donors (Lipinski definition) is 1. The van der Waals surface area contributed by atoms with E-state index in [4.69, 9.17) is 9.47 Å². The Morgan fingerprint density at radius 2 is 2.00 bits per heavy atom. The minimum Gasteiger partial charge on any atom is -0.491 e. The molecule has 2 atom stereocenters. The Morgan fingerprint density at radius 1 is 1.28 bits per heavy atom. The standard InChI is InChI=1S/C19H28N2O4/c1-15(22)13-20-8-10-21(11-9-20)19(23)16-4-6-17(7-5-16)25-14-18-3-2-12-24-18/h4-7,15,18,22H,2-3,8-14H2,1H3/t15-,18+/m1/s1. The van der Waals surface area contributed by atoms with Gasteiger partial charge in [0.25, 0.3) is 5.91 Å². The zero-order valence-electron chi connectivity index (χ0n) is 14.9. The van der Waals surface area contributed by atoms with Gasteiger partial charge >= 0.3 is 0 Å². The number of ether oxygens (including phenoxy) is 2. The summed E-state index contributed by atoms with van der Waals surface area (Å²) in [5, 5.41) is 9.45. The number of carbonyl (C=O) groups excluding carboxylic acids is 1. The van der Waals surface area contributed by atoms with Gasteiger partial charge in [0.2, 0.25) is 0 Å². The van der Waals surface area contributed by atoms with E-state index in [0.29, 0.717) is 31.8 Å². The van der Waals surface area contributed by atoms with E-state index in [1.165, 1.54) is 0 Å². The number of hydrogen-bond acceptors (Lipinski definition) is 5. The van der Waals surface area contributed by atoms with Crippen molar-refractivity contribution < 1.29 is 19.4 Å². The molecule has 6 nitrogen and oxygen atoms in total. The molecule has 0 spiro atoms. The van der Waals surface area contributed by atoms with Crippen molar-refractivity contribution in [1.29, 1.82) is 0 Å². The van der Waals surface area contributed by atoms with Crippen LogP contribution in [-0.2, 0) is 4.74 Å². The maximum absolute atomic E-state index is 12.6. The summed E-state index contributed by atoms with van der Waals surface area (Å²) in [6.45, 7) is 6.85. The van der Waals surface area contributed by atoms with Crippen LogP contribution in [0.25, 0.3) is 0 Å². The second-order valence-electron chi connectivity index (χ2n) is 6.91. The third-order valence-corrected chi connectivity index (χ3v) is 4.74. The third kappa shape index (κ3) is 5.17. The number of benzene rings is 1. The molecule has 1 aromatic rings. The molecule has 0 saturated carbocycles. The largest absolute Gasteiger partial charge is 0.491 e. The summed E-state index contributed by atoms with van der Waals surface area (Å²) >= 11 is 0. The van der Waals surface area contributed by atoms with Gasteiger partial charge in [0.05, 0.1) is 12.2 Å². The molecular weight excluding hydrogens is 320 g/mol. The Bertz CT molecular complexity index is 547. The molecule has 2 aliphatic heterocycles. The topological polar surface area (TPSA) is 62.2 Å². The van der Waals surface area contributed by atoms with Crippen molar-refractivity contribution >= 4 is 5.91 Å². The maximum Gasteiger partial charge on any atom is 0.253 e. The lowest BCUT2D eigenvalue weighted by Gasteiger charge is -2.35. The first-order valence-electron chi connectivity index (χ1n) is 9.16. The summed E-state index contributed by atoms with van der Waals surface area (Å²) in [6, 6.07) is 7.36. The first-order chi connectivity index (χ1) is 12.1. The molecule has 0 unspecified atom stereocenters. The fourth-order valence-electron chi connectivity index (χ4n) is 3.35. The van der Waals surface area contributed by atoms with Gasteiger partial charge in [0, 0.05) is 44.9 Å². The maximum atomic E-state index is 12.6. The SMILES string of the molecule is C[C@@H](O)CN1CCN(C(=O)c2ccc(OC[C@@H]3CCCO3)cc2)CC1. The molecule has 1 aromatic carbocycles. The predicted molar refractivity (Wildman–Crippen MR) is 94.9 cm³/mol. The van der Waals surface area contributed by atoms with Crippen molar-refractivity contribution in [2.45, 2.75) is 32.0 Å². The van der Waals surface area contributed by atoms with Crippen LogP contribution in [-0.4, -0.2) is 79.0 Å². The summed E-state index contributed by atoms with van der Waals surface area (Å²) in [7, 11) is 0. The number of β-amino-alcohol motifs (C(OH)–C–C–N with tert-alkyl or cyclic N) is 1. The molecule has 6 heteroatoms. The van der Waals surface area contributed by atoms with E-state index in [1.54, 1.807) is 6.92 Å². The summed E-state index contributed by atoms with van der Waals surface area (Å²) in [4.78, 5) is 16.7. The van der Waals surface area contributed by atoms with Crippen LogP contribution in [0.15, 0.2) is 24.3 Å². The van der Waals surface area contributed by atoms with E-state index in [2.05, 4.69) is 4.90 Å². The highest BCUT2D eigenvalue weighted by atomic mass is 16.5. The van der Waals surface area contributed by atoms with Gasteiger partial charge in [-0.1, -0.05) is 0 Å². The Kier molecular flexibility index (Phi) is 6.29. The van der Waals surface area contributed by atoms with Crippen molar-refractivity contribution in [2.75, 3.05) is 45.9 Å². The van der Waals surface area contributed by atoms with Gasteiger partial charge in [0.1, 0.15) is 12.4 Å². The van der Waals surface area contributed by atoms with E-state index in [-0.39, 0.29) is 18.1 Å². The van der Waals surface area contributed by atoms with Gasteiger partial charge in [-0.25, -0.2) is 0 Å². The fourth-order valence-corrected chi connectivity index (χ4v) is 3.35. The second-order valence-corrected chi connectivity index (χ2v) is 6.91. The zero-order valence-corrected chi connectivity index (χ0v) is 14.9. The molecule has 25 heavy (non-hydrogen) atoms. The number of rotatable bonds is 6. The molecule has 2 saturated heterocycles. The first kappa shape index (κ1) is 18.2. The molecule has 0 aromatic heterocycles. The summed E-state index contributed by atoms with van der Waals surface area (Å²) < 4.78 is 11.3. The van der Waals surface area contributed by atoms with Crippen LogP contribution in [0.5, 0.6) is 5.75 Å². The average Bonchev–Trinajstić information content (AvgIpc) is 3.13. The molecule has 3 rings (SSSR count). The molecule has 2 aliphatic rings. The number of aliphatic hydroxyl groups is 1. The lowest BCUT2D eigenvalue weighted by Crippen LogP contribution is -2.50. The minimum absolute atomic E-state index is 0.0578. The fraction of sp³-hybridized carbons (Fsp3) is 0.632. The molecule has 0 bridgehead atoms. The van der Waals surface area contributed by atoms with Crippen LogP contribution in [0.1, 0.15) is 30.1 Å². The van der Waals surface area contributed by atoms with Gasteiger partial charge in [0.15, 0.2) is 0 Å². The van der Waals surface area contributed by atoms with E-state index >= 15 is 0 Å². The number of nitrogens with zero attached hydrogens (tertiary/aromatic N) is 2. The quantitative estimate of drug-likeness (QED) is 0.842. The molecule has 1 N–H and O–H groups in total. The molecular formula is C19H28N2O4. The third-order valence-electron chi connectivity index (χ3n) is 4.74. The van der Waals surface area contributed by atoms with Crippen molar-refractivity contribution in [3.05, 3.63) is 29.8 Å². The first-order valence-corrected chi connectivity index (χ1v) is 9.16. The summed E-state index contributed by atoms with van der Waals surface area (Å²) in [6.07, 6.45) is 2.02. The molecule has 1 amide bonds. The van der Waals surface area contributed by atoms with E-state index < -0.39 is 0 Å². The number of amides is 1. The zero-order chi connectivity index (χ0) is 17.6. The lowest BCUT2D eigenvalue weighted by atomic mass is 10.1. The predicted octanol–water partition coefficient (Wildman–Crippen LogP) is 1.38. The number of piperazine rings is 1. The van der Waals surface area contributed by atoms with Gasteiger partial charge in [-0.05, 0) is 44.0 Å². The van der Waals surface area contributed by atoms with E-state index in [9.17, 15) is 9.90 Å². The average molecular weight is 348 g/mol. The highest BCUT2D eigenvalue weighted by Gasteiger charge is 2.22. The monoisotopic (exact) mass is 348 g/mol. The van der Waals surface area contributed by atoms with Gasteiger partial charge in [-0.2, -0.15) is 0 Å². The minimum atomic E-state index is -0.329. The van der Waals surface area contributed by atoms with Crippen molar-refractivity contribution in [1.82, 2.24) is 9.80 Å². The Hall–Kier alpha value is -1.63. The Morgan fingerprint density at radius 3 is 2.60 bits per heavy atom. The number of carbonyl (C=O) groups is 1. The lowest BCUT2D eigenvalue weighted by molar-refractivity contribution is 0.0553. The van der Waals surface area contributed by atoms with E-state index in [1.807, 2.05) is 29.2 Å². The van der Waals surface area contributed by atoms with Gasteiger partial charge < -0.3 is 19.5 Å². The highest BCUT2D eigenvalue weighted by Crippen LogP contribution is 2.18. The molecule has 2 fully saturated rings. The molecule has 0 radical (unpaired) electrons. The normalized spacial score (nSPS) is 22.8. The smallest absolute Gasteiger partial charge is 0.253 e. The molecule has 0 aliphatic carbocycles. The number of aliphatic hydroxyl groups excluding tert-OH is 1. The highest BCUT2D eigenvalue weighted by molar-refractivity contribution is 5.94. The summed E-state index contributed by atoms with van der Waals surface area (Å²) in [5.74, 6) is 0.830. The van der Waals surface area contributed by atoms with Crippen LogP contribution < -0.4 is 4.74 Å². The Balaban J connectivity index is 1.47. The van der Waals surface area contributed by atoms with Crippen LogP contribution in [0.2, 0.25) is 0 Å². The summed E-state index contributed by atoms with van der Waals surface area (Å²) in [5.41, 5.74) is 0.688. The van der Waals surface area contributed by atoms with Crippen molar-refractivity contribution in [3.8, 4) is 5.75 Å². The van der Waals surface area contributed by atoms with Gasteiger partial charge in [-0.3, -0.25) is 9.69 Å².